The minimum absolute atomic E-state index is 0.106. The molecule has 0 saturated carbocycles. The van der Waals surface area contributed by atoms with E-state index in [2.05, 4.69) is 75.5 Å². The standard InChI is InChI=1S/C53H84O6/c1-45(2)51(54)58-43-31-27-23-19-15-11-7-9-13-17-21-25-29-41-56-49-37-33-47(34-38-49)53(5,6)48-35-39-50(40-36-48)57-42-30-26-22-18-14-10-8-12-16-20-24-28-32-44-59-52(55)46(3)4/h33-40H,1,3,7-32,41-44H2,2,4-6H3. The molecule has 0 spiro atoms. The lowest BCUT2D eigenvalue weighted by Crippen LogP contribution is -2.18. The van der Waals surface area contributed by atoms with E-state index in [0.717, 1.165) is 63.2 Å². The van der Waals surface area contributed by atoms with Crippen molar-refractivity contribution in [2.75, 3.05) is 26.4 Å². The molecule has 0 amide bonds. The van der Waals surface area contributed by atoms with E-state index < -0.39 is 0 Å². The normalized spacial score (nSPS) is 11.3. The van der Waals surface area contributed by atoms with Gasteiger partial charge in [0, 0.05) is 16.6 Å². The number of rotatable bonds is 38. The molecule has 0 aliphatic rings. The fraction of sp³-hybridized carbons (Fsp3) is 0.660. The van der Waals surface area contributed by atoms with Crippen LogP contribution in [0.2, 0.25) is 0 Å². The lowest BCUT2D eigenvalue weighted by Gasteiger charge is -2.26. The van der Waals surface area contributed by atoms with Crippen LogP contribution in [-0.4, -0.2) is 38.4 Å². The van der Waals surface area contributed by atoms with Gasteiger partial charge in [0.2, 0.25) is 0 Å². The molecule has 0 saturated heterocycles. The number of carbonyl (C=O) groups is 2. The SMILES string of the molecule is C=C(C)C(=O)OCCCCCCCCCCCCCCCOc1ccc(C(C)(C)c2ccc(OCCCCCCCCCCCCCCCOC(=O)C(=C)C)cc2)cc1. The third-order valence-corrected chi connectivity index (χ3v) is 11.4. The van der Waals surface area contributed by atoms with Gasteiger partial charge >= 0.3 is 11.9 Å². The second kappa shape index (κ2) is 33.2. The van der Waals surface area contributed by atoms with Crippen molar-refractivity contribution < 1.29 is 28.5 Å². The predicted octanol–water partition coefficient (Wildman–Crippen LogP) is 15.2. The van der Waals surface area contributed by atoms with Crippen molar-refractivity contribution in [3.63, 3.8) is 0 Å². The van der Waals surface area contributed by atoms with E-state index in [0.29, 0.717) is 24.4 Å². The van der Waals surface area contributed by atoms with Gasteiger partial charge in [0.1, 0.15) is 11.5 Å². The van der Waals surface area contributed by atoms with Crippen LogP contribution in [0.1, 0.15) is 206 Å². The smallest absolute Gasteiger partial charge is 0.333 e. The van der Waals surface area contributed by atoms with E-state index in [1.807, 2.05) is 0 Å². The Morgan fingerprint density at radius 2 is 0.610 bits per heavy atom. The topological polar surface area (TPSA) is 71.1 Å². The van der Waals surface area contributed by atoms with Crippen molar-refractivity contribution in [1.29, 1.82) is 0 Å². The van der Waals surface area contributed by atoms with E-state index in [-0.39, 0.29) is 17.4 Å². The van der Waals surface area contributed by atoms with Crippen LogP contribution in [-0.2, 0) is 24.5 Å². The zero-order valence-electron chi connectivity index (χ0n) is 38.2. The zero-order valence-corrected chi connectivity index (χ0v) is 38.2. The number of ether oxygens (including phenoxy) is 4. The molecule has 0 atom stereocenters. The summed E-state index contributed by atoms with van der Waals surface area (Å²) >= 11 is 0. The summed E-state index contributed by atoms with van der Waals surface area (Å²) in [5.74, 6) is 1.37. The molecule has 0 aliphatic carbocycles. The molecule has 2 aromatic rings. The molecule has 0 aromatic heterocycles. The average Bonchev–Trinajstić information content (AvgIpc) is 3.23. The van der Waals surface area contributed by atoms with Gasteiger partial charge in [-0.05, 0) is 74.9 Å². The van der Waals surface area contributed by atoms with Gasteiger partial charge < -0.3 is 18.9 Å². The fourth-order valence-corrected chi connectivity index (χ4v) is 7.36. The average molecular weight is 817 g/mol. The Labute approximate surface area is 361 Å². The molecule has 0 unspecified atom stereocenters. The van der Waals surface area contributed by atoms with Crippen molar-refractivity contribution in [3.8, 4) is 11.5 Å². The van der Waals surface area contributed by atoms with Crippen molar-refractivity contribution in [1.82, 2.24) is 0 Å². The molecule has 0 heterocycles. The first kappa shape index (κ1) is 51.6. The molecule has 0 N–H and O–H groups in total. The largest absolute Gasteiger partial charge is 0.494 e. The minimum atomic E-state index is -0.270. The van der Waals surface area contributed by atoms with Crippen LogP contribution >= 0.6 is 0 Å². The Hall–Kier alpha value is -3.54. The molecular formula is C53H84O6. The fourth-order valence-electron chi connectivity index (χ4n) is 7.36. The van der Waals surface area contributed by atoms with Crippen LogP contribution in [0.5, 0.6) is 11.5 Å². The number of carbonyl (C=O) groups excluding carboxylic acids is 2. The first-order valence-corrected chi connectivity index (χ1v) is 23.7. The number of unbranched alkanes of at least 4 members (excludes halogenated alkanes) is 24. The van der Waals surface area contributed by atoms with E-state index in [1.54, 1.807) is 13.8 Å². The molecule has 59 heavy (non-hydrogen) atoms. The molecule has 0 fully saturated rings. The van der Waals surface area contributed by atoms with Gasteiger partial charge in [-0.2, -0.15) is 0 Å². The van der Waals surface area contributed by atoms with Crippen LogP contribution in [0.15, 0.2) is 72.8 Å². The number of hydrogen-bond donors (Lipinski definition) is 0. The maximum Gasteiger partial charge on any atom is 0.333 e. The third-order valence-electron chi connectivity index (χ3n) is 11.4. The number of benzene rings is 2. The molecule has 0 aliphatic heterocycles. The Morgan fingerprint density at radius 3 is 0.847 bits per heavy atom. The predicted molar refractivity (Wildman–Crippen MR) is 248 cm³/mol. The Balaban J connectivity index is 1.42. The van der Waals surface area contributed by atoms with Crippen LogP contribution in [0.4, 0.5) is 0 Å². The van der Waals surface area contributed by atoms with E-state index in [9.17, 15) is 9.59 Å². The number of esters is 2. The van der Waals surface area contributed by atoms with Crippen molar-refractivity contribution >= 4 is 11.9 Å². The maximum absolute atomic E-state index is 11.4. The van der Waals surface area contributed by atoms with Gasteiger partial charge in [0.05, 0.1) is 26.4 Å². The summed E-state index contributed by atoms with van der Waals surface area (Å²) in [6, 6.07) is 17.3. The summed E-state index contributed by atoms with van der Waals surface area (Å²) in [6.45, 7) is 17.8. The van der Waals surface area contributed by atoms with Crippen LogP contribution in [0.3, 0.4) is 0 Å². The monoisotopic (exact) mass is 817 g/mol. The molecule has 332 valence electrons. The molecule has 6 heteroatoms. The van der Waals surface area contributed by atoms with Gasteiger partial charge in [-0.15, -0.1) is 0 Å². The summed E-state index contributed by atoms with van der Waals surface area (Å²) in [5, 5.41) is 0. The van der Waals surface area contributed by atoms with Gasteiger partial charge in [-0.3, -0.25) is 0 Å². The molecular weight excluding hydrogens is 733 g/mol. The Morgan fingerprint density at radius 1 is 0.390 bits per heavy atom. The molecule has 2 aromatic carbocycles. The second-order valence-electron chi connectivity index (χ2n) is 17.4. The van der Waals surface area contributed by atoms with E-state index >= 15 is 0 Å². The second-order valence-corrected chi connectivity index (χ2v) is 17.4. The third kappa shape index (κ3) is 25.6. The molecule has 2 rings (SSSR count). The Bertz CT molecular complexity index is 1290. The van der Waals surface area contributed by atoms with Crippen LogP contribution < -0.4 is 9.47 Å². The molecule has 6 nitrogen and oxygen atoms in total. The lowest BCUT2D eigenvalue weighted by atomic mass is 9.78. The summed E-state index contributed by atoms with van der Waals surface area (Å²) in [5.41, 5.74) is 3.41. The highest BCUT2D eigenvalue weighted by molar-refractivity contribution is 5.87. The summed E-state index contributed by atoms with van der Waals surface area (Å²) in [4.78, 5) is 22.7. The zero-order chi connectivity index (χ0) is 42.8. The van der Waals surface area contributed by atoms with Crippen LogP contribution in [0.25, 0.3) is 0 Å². The molecule has 0 bridgehead atoms. The summed E-state index contributed by atoms with van der Waals surface area (Å²) in [7, 11) is 0. The van der Waals surface area contributed by atoms with E-state index in [1.165, 1.54) is 140 Å². The first-order chi connectivity index (χ1) is 28.6. The van der Waals surface area contributed by atoms with Gasteiger partial charge in [0.25, 0.3) is 0 Å². The molecule has 0 radical (unpaired) electrons. The summed E-state index contributed by atoms with van der Waals surface area (Å²) < 4.78 is 22.5. The van der Waals surface area contributed by atoms with Gasteiger partial charge in [0.15, 0.2) is 0 Å². The highest BCUT2D eigenvalue weighted by Crippen LogP contribution is 2.33. The van der Waals surface area contributed by atoms with Crippen molar-refractivity contribution in [3.05, 3.63) is 84.0 Å². The van der Waals surface area contributed by atoms with E-state index in [4.69, 9.17) is 18.9 Å². The van der Waals surface area contributed by atoms with Crippen LogP contribution in [0, 0.1) is 0 Å². The quantitative estimate of drug-likeness (QED) is 0.0382. The van der Waals surface area contributed by atoms with Gasteiger partial charge in [-0.25, -0.2) is 9.59 Å². The van der Waals surface area contributed by atoms with Crippen molar-refractivity contribution in [2.45, 2.75) is 200 Å². The van der Waals surface area contributed by atoms with Crippen molar-refractivity contribution in [2.24, 2.45) is 0 Å². The van der Waals surface area contributed by atoms with Gasteiger partial charge in [-0.1, -0.05) is 193 Å². The lowest BCUT2D eigenvalue weighted by molar-refractivity contribution is -0.139. The Kier molecular flexibility index (Phi) is 29.0. The highest BCUT2D eigenvalue weighted by Gasteiger charge is 2.23. The highest BCUT2D eigenvalue weighted by atomic mass is 16.5. The maximum atomic E-state index is 11.4. The summed E-state index contributed by atoms with van der Waals surface area (Å²) in [6.07, 6.45) is 32.5. The first-order valence-electron chi connectivity index (χ1n) is 23.7. The minimum Gasteiger partial charge on any atom is -0.494 e. The number of hydrogen-bond acceptors (Lipinski definition) is 6.